The lowest BCUT2D eigenvalue weighted by Crippen LogP contribution is -2.15. The topological polar surface area (TPSA) is 72.5 Å². The average molecular weight is 348 g/mol. The summed E-state index contributed by atoms with van der Waals surface area (Å²) in [6.45, 7) is -0.537. The molecule has 2 aromatic rings. The zero-order valence-electron chi connectivity index (χ0n) is 12.3. The summed E-state index contributed by atoms with van der Waals surface area (Å²) in [5, 5.41) is 2.84. The van der Waals surface area contributed by atoms with Gasteiger partial charge in [-0.1, -0.05) is 11.6 Å². The van der Waals surface area contributed by atoms with Crippen LogP contribution in [-0.2, 0) is 16.0 Å². The summed E-state index contributed by atoms with van der Waals surface area (Å²) in [4.78, 5) is 35.3. The number of ketones is 1. The summed E-state index contributed by atoms with van der Waals surface area (Å²) in [5.41, 5.74) is 1.34. The van der Waals surface area contributed by atoms with Gasteiger partial charge in [-0.2, -0.15) is 0 Å². The van der Waals surface area contributed by atoms with E-state index in [1.807, 2.05) is 0 Å². The highest BCUT2D eigenvalue weighted by molar-refractivity contribution is 6.30. The van der Waals surface area contributed by atoms with Crippen molar-refractivity contribution >= 4 is 34.9 Å². The van der Waals surface area contributed by atoms with E-state index in [1.165, 1.54) is 12.1 Å². The van der Waals surface area contributed by atoms with Gasteiger partial charge in [0.25, 0.3) is 0 Å². The van der Waals surface area contributed by atoms with Crippen LogP contribution in [0.25, 0.3) is 0 Å². The van der Waals surface area contributed by atoms with Crippen molar-refractivity contribution in [3.63, 3.8) is 0 Å². The molecule has 0 saturated heterocycles. The van der Waals surface area contributed by atoms with Gasteiger partial charge in [-0.05, 0) is 42.0 Å². The lowest BCUT2D eigenvalue weighted by atomic mass is 10.1. The lowest BCUT2D eigenvalue weighted by Gasteiger charge is -2.07. The first-order valence-electron chi connectivity index (χ1n) is 7.02. The number of amides is 1. The van der Waals surface area contributed by atoms with Crippen LogP contribution in [0.5, 0.6) is 0 Å². The quantitative estimate of drug-likeness (QED) is 0.681. The molecule has 1 aliphatic heterocycles. The number of rotatable bonds is 4. The summed E-state index contributed by atoms with van der Waals surface area (Å²) >= 11 is 5.71. The molecule has 0 aliphatic carbocycles. The first-order chi connectivity index (χ1) is 11.4. The summed E-state index contributed by atoms with van der Waals surface area (Å²) in [5.74, 6) is -2.34. The van der Waals surface area contributed by atoms with Gasteiger partial charge in [0.2, 0.25) is 5.91 Å². The van der Waals surface area contributed by atoms with E-state index in [1.54, 1.807) is 12.1 Å². The van der Waals surface area contributed by atoms with Crippen LogP contribution in [0.15, 0.2) is 36.4 Å². The molecule has 24 heavy (non-hydrogen) atoms. The maximum absolute atomic E-state index is 13.6. The van der Waals surface area contributed by atoms with Crippen LogP contribution in [0.2, 0.25) is 5.02 Å². The Balaban J connectivity index is 1.68. The van der Waals surface area contributed by atoms with Gasteiger partial charge in [-0.15, -0.1) is 0 Å². The summed E-state index contributed by atoms with van der Waals surface area (Å²) in [6, 6.07) is 8.20. The molecule has 7 heteroatoms. The SMILES string of the molecule is O=C1Cc2cc(C(=O)COC(=O)c3cc(Cl)ccc3F)ccc2N1. The zero-order chi connectivity index (χ0) is 17.3. The van der Waals surface area contributed by atoms with E-state index in [4.69, 9.17) is 16.3 Å². The van der Waals surface area contributed by atoms with Gasteiger partial charge in [-0.25, -0.2) is 9.18 Å². The molecule has 5 nitrogen and oxygen atoms in total. The largest absolute Gasteiger partial charge is 0.454 e. The van der Waals surface area contributed by atoms with Crippen molar-refractivity contribution in [2.75, 3.05) is 11.9 Å². The average Bonchev–Trinajstić information content (AvgIpc) is 2.93. The zero-order valence-corrected chi connectivity index (χ0v) is 13.0. The van der Waals surface area contributed by atoms with Gasteiger partial charge < -0.3 is 10.1 Å². The van der Waals surface area contributed by atoms with E-state index in [0.29, 0.717) is 16.8 Å². The normalized spacial score (nSPS) is 12.5. The third-order valence-corrected chi connectivity index (χ3v) is 3.77. The van der Waals surface area contributed by atoms with Gasteiger partial charge in [0.05, 0.1) is 12.0 Å². The second-order valence-electron chi connectivity index (χ2n) is 5.22. The smallest absolute Gasteiger partial charge is 0.341 e. The number of fused-ring (bicyclic) bond motifs is 1. The number of nitrogens with one attached hydrogen (secondary N) is 1. The van der Waals surface area contributed by atoms with Crippen molar-refractivity contribution in [1.29, 1.82) is 0 Å². The molecule has 1 N–H and O–H groups in total. The predicted octanol–water partition coefficient (Wildman–Crippen LogP) is 3.01. The monoisotopic (exact) mass is 347 g/mol. The van der Waals surface area contributed by atoms with Crippen molar-refractivity contribution in [3.05, 3.63) is 63.9 Å². The highest BCUT2D eigenvalue weighted by Crippen LogP contribution is 2.24. The van der Waals surface area contributed by atoms with Gasteiger partial charge in [-0.3, -0.25) is 9.59 Å². The van der Waals surface area contributed by atoms with Crippen molar-refractivity contribution in [2.45, 2.75) is 6.42 Å². The molecule has 2 aromatic carbocycles. The number of anilines is 1. The highest BCUT2D eigenvalue weighted by Gasteiger charge is 2.20. The Morgan fingerprint density at radius 2 is 2.00 bits per heavy atom. The fourth-order valence-corrected chi connectivity index (χ4v) is 2.52. The predicted molar refractivity (Wildman–Crippen MR) is 84.8 cm³/mol. The fraction of sp³-hybridized carbons (Fsp3) is 0.118. The molecule has 0 aromatic heterocycles. The van der Waals surface area contributed by atoms with Crippen molar-refractivity contribution in [1.82, 2.24) is 0 Å². The molecule has 0 fully saturated rings. The van der Waals surface area contributed by atoms with E-state index in [-0.39, 0.29) is 22.9 Å². The molecular weight excluding hydrogens is 337 g/mol. The van der Waals surface area contributed by atoms with Crippen LogP contribution < -0.4 is 5.32 Å². The Kier molecular flexibility index (Phi) is 4.31. The first-order valence-corrected chi connectivity index (χ1v) is 7.40. The molecule has 0 unspecified atom stereocenters. The summed E-state index contributed by atoms with van der Waals surface area (Å²) in [6.07, 6.45) is 0.198. The number of halogens is 2. The Labute approximate surface area is 141 Å². The van der Waals surface area contributed by atoms with Gasteiger partial charge in [0, 0.05) is 16.3 Å². The van der Waals surface area contributed by atoms with Gasteiger partial charge in [0.1, 0.15) is 5.82 Å². The number of carbonyl (C=O) groups excluding carboxylic acids is 3. The molecule has 0 radical (unpaired) electrons. The van der Waals surface area contributed by atoms with Crippen LogP contribution in [0.3, 0.4) is 0 Å². The first kappa shape index (κ1) is 16.1. The van der Waals surface area contributed by atoms with E-state index < -0.39 is 24.2 Å². The standard InChI is InChI=1S/C17H11ClFNO4/c18-11-2-3-13(19)12(7-11)17(23)24-8-15(21)9-1-4-14-10(5-9)6-16(22)20-14/h1-5,7H,6,8H2,(H,20,22). The molecule has 1 amide bonds. The molecule has 0 spiro atoms. The Morgan fingerprint density at radius 1 is 1.21 bits per heavy atom. The molecular formula is C17H11ClFNO4. The number of hydrogen-bond acceptors (Lipinski definition) is 4. The molecule has 3 rings (SSSR count). The number of hydrogen-bond donors (Lipinski definition) is 1. The second-order valence-corrected chi connectivity index (χ2v) is 5.66. The molecule has 122 valence electrons. The minimum absolute atomic E-state index is 0.141. The number of benzene rings is 2. The minimum atomic E-state index is -0.971. The van der Waals surface area contributed by atoms with Crippen molar-refractivity contribution in [3.8, 4) is 0 Å². The molecule has 1 heterocycles. The van der Waals surface area contributed by atoms with E-state index in [0.717, 1.165) is 12.1 Å². The van der Waals surface area contributed by atoms with Crippen LogP contribution in [0, 0.1) is 5.82 Å². The van der Waals surface area contributed by atoms with Gasteiger partial charge >= 0.3 is 5.97 Å². The Morgan fingerprint density at radius 3 is 2.79 bits per heavy atom. The van der Waals surface area contributed by atoms with Gasteiger partial charge in [0.15, 0.2) is 12.4 Å². The molecule has 0 saturated carbocycles. The molecule has 1 aliphatic rings. The Hall–Kier alpha value is -2.73. The van der Waals surface area contributed by atoms with E-state index in [9.17, 15) is 18.8 Å². The molecule has 0 atom stereocenters. The number of ether oxygens (including phenoxy) is 1. The number of esters is 1. The van der Waals surface area contributed by atoms with Crippen LogP contribution in [-0.4, -0.2) is 24.3 Å². The van der Waals surface area contributed by atoms with E-state index >= 15 is 0 Å². The third kappa shape index (κ3) is 3.28. The molecule has 0 bridgehead atoms. The summed E-state index contributed by atoms with van der Waals surface area (Å²) in [7, 11) is 0. The second kappa shape index (κ2) is 6.41. The van der Waals surface area contributed by atoms with Crippen LogP contribution in [0.1, 0.15) is 26.3 Å². The van der Waals surface area contributed by atoms with E-state index in [2.05, 4.69) is 5.32 Å². The maximum Gasteiger partial charge on any atom is 0.341 e. The number of Topliss-reactive ketones (excluding diaryl/α,β-unsaturated/α-hetero) is 1. The fourth-order valence-electron chi connectivity index (χ4n) is 2.35. The van der Waals surface area contributed by atoms with Crippen molar-refractivity contribution < 1.29 is 23.5 Å². The minimum Gasteiger partial charge on any atom is -0.454 e. The Bertz CT molecular complexity index is 866. The number of carbonyl (C=O) groups is 3. The highest BCUT2D eigenvalue weighted by atomic mass is 35.5. The van der Waals surface area contributed by atoms with Crippen LogP contribution in [0.4, 0.5) is 10.1 Å². The van der Waals surface area contributed by atoms with Crippen LogP contribution >= 0.6 is 11.6 Å². The third-order valence-electron chi connectivity index (χ3n) is 3.53. The summed E-state index contributed by atoms with van der Waals surface area (Å²) < 4.78 is 18.4. The van der Waals surface area contributed by atoms with Crippen molar-refractivity contribution in [2.24, 2.45) is 0 Å². The maximum atomic E-state index is 13.6. The lowest BCUT2D eigenvalue weighted by molar-refractivity contribution is -0.115.